The molecule has 1 unspecified atom stereocenters. The molecular weight excluding hydrogens is 277 g/mol. The van der Waals surface area contributed by atoms with E-state index in [2.05, 4.69) is 24.4 Å². The third-order valence-corrected chi connectivity index (χ3v) is 3.87. The van der Waals surface area contributed by atoms with Gasteiger partial charge in [-0.2, -0.15) is 0 Å². The Kier molecular flexibility index (Phi) is 4.87. The number of aryl methyl sites for hydroxylation is 1. The maximum atomic E-state index is 6.44. The fourth-order valence-electron chi connectivity index (χ4n) is 2.19. The summed E-state index contributed by atoms with van der Waals surface area (Å²) < 4.78 is 0. The van der Waals surface area contributed by atoms with Crippen LogP contribution in [-0.2, 0) is 0 Å². The highest BCUT2D eigenvalue weighted by atomic mass is 35.5. The molecule has 1 atom stereocenters. The average molecular weight is 294 g/mol. The van der Waals surface area contributed by atoms with Crippen molar-refractivity contribution in [2.45, 2.75) is 19.9 Å². The molecule has 0 aliphatic rings. The van der Waals surface area contributed by atoms with Crippen LogP contribution in [0.2, 0.25) is 10.0 Å². The first kappa shape index (κ1) is 14.4. The first-order chi connectivity index (χ1) is 9.13. The van der Waals surface area contributed by atoms with Gasteiger partial charge in [-0.3, -0.25) is 0 Å². The lowest BCUT2D eigenvalue weighted by atomic mass is 9.97. The van der Waals surface area contributed by atoms with Crippen molar-refractivity contribution in [1.29, 1.82) is 0 Å². The van der Waals surface area contributed by atoms with Gasteiger partial charge in [0, 0.05) is 10.0 Å². The molecule has 2 aromatic rings. The standard InChI is InChI=1S/C16H17Cl2N/c1-3-19-16(12-7-5-8-13(17)10-12)14-9-4-6-11(2)15(14)18/h4-10,16,19H,3H2,1-2H3. The molecule has 2 rings (SSSR count). The van der Waals surface area contributed by atoms with Gasteiger partial charge < -0.3 is 5.32 Å². The number of halogens is 2. The van der Waals surface area contributed by atoms with E-state index in [0.29, 0.717) is 0 Å². The first-order valence-corrected chi connectivity index (χ1v) is 7.13. The van der Waals surface area contributed by atoms with E-state index < -0.39 is 0 Å². The van der Waals surface area contributed by atoms with Crippen molar-refractivity contribution in [1.82, 2.24) is 5.32 Å². The Bertz CT molecular complexity index is 566. The topological polar surface area (TPSA) is 12.0 Å². The second-order valence-electron chi connectivity index (χ2n) is 4.52. The van der Waals surface area contributed by atoms with Crippen LogP contribution in [0.15, 0.2) is 42.5 Å². The molecule has 19 heavy (non-hydrogen) atoms. The molecule has 0 aliphatic heterocycles. The van der Waals surface area contributed by atoms with Gasteiger partial charge in [0.1, 0.15) is 0 Å². The van der Waals surface area contributed by atoms with Gasteiger partial charge >= 0.3 is 0 Å². The molecule has 0 saturated heterocycles. The summed E-state index contributed by atoms with van der Waals surface area (Å²) in [6.07, 6.45) is 0. The van der Waals surface area contributed by atoms with Gasteiger partial charge in [0.05, 0.1) is 6.04 Å². The summed E-state index contributed by atoms with van der Waals surface area (Å²) in [5.74, 6) is 0. The monoisotopic (exact) mass is 293 g/mol. The van der Waals surface area contributed by atoms with Crippen molar-refractivity contribution >= 4 is 23.2 Å². The molecule has 0 saturated carbocycles. The number of benzene rings is 2. The van der Waals surface area contributed by atoms with Crippen molar-refractivity contribution in [3.63, 3.8) is 0 Å². The fraction of sp³-hybridized carbons (Fsp3) is 0.250. The maximum absolute atomic E-state index is 6.44. The lowest BCUT2D eigenvalue weighted by molar-refractivity contribution is 0.630. The number of hydrogen-bond acceptors (Lipinski definition) is 1. The maximum Gasteiger partial charge on any atom is 0.0592 e. The third-order valence-electron chi connectivity index (χ3n) is 3.12. The Labute approximate surface area is 124 Å². The molecule has 0 amide bonds. The molecule has 0 radical (unpaired) electrons. The lowest BCUT2D eigenvalue weighted by Crippen LogP contribution is -2.22. The summed E-state index contributed by atoms with van der Waals surface area (Å²) >= 11 is 12.5. The van der Waals surface area contributed by atoms with Crippen LogP contribution in [-0.4, -0.2) is 6.54 Å². The van der Waals surface area contributed by atoms with E-state index in [0.717, 1.165) is 33.3 Å². The van der Waals surface area contributed by atoms with Gasteiger partial charge in [0.25, 0.3) is 0 Å². The average Bonchev–Trinajstić information content (AvgIpc) is 2.40. The second kappa shape index (κ2) is 6.42. The molecule has 3 heteroatoms. The first-order valence-electron chi connectivity index (χ1n) is 6.37. The van der Waals surface area contributed by atoms with Gasteiger partial charge in [0.15, 0.2) is 0 Å². The summed E-state index contributed by atoms with van der Waals surface area (Å²) in [4.78, 5) is 0. The second-order valence-corrected chi connectivity index (χ2v) is 5.34. The lowest BCUT2D eigenvalue weighted by Gasteiger charge is -2.21. The SMILES string of the molecule is CCNC(c1cccc(Cl)c1)c1cccc(C)c1Cl. The van der Waals surface area contributed by atoms with E-state index in [-0.39, 0.29) is 6.04 Å². The zero-order valence-corrected chi connectivity index (χ0v) is 12.6. The van der Waals surface area contributed by atoms with E-state index in [1.165, 1.54) is 0 Å². The molecule has 0 aliphatic carbocycles. The molecule has 2 aromatic carbocycles. The van der Waals surface area contributed by atoms with E-state index in [1.54, 1.807) is 0 Å². The third kappa shape index (κ3) is 3.30. The molecular formula is C16H17Cl2N. The van der Waals surface area contributed by atoms with Crippen LogP contribution in [0.1, 0.15) is 29.7 Å². The smallest absolute Gasteiger partial charge is 0.0592 e. The highest BCUT2D eigenvalue weighted by Crippen LogP contribution is 2.31. The van der Waals surface area contributed by atoms with Crippen LogP contribution in [0.4, 0.5) is 0 Å². The highest BCUT2D eigenvalue weighted by molar-refractivity contribution is 6.32. The Morgan fingerprint density at radius 2 is 1.84 bits per heavy atom. The molecule has 0 spiro atoms. The van der Waals surface area contributed by atoms with Gasteiger partial charge in [-0.25, -0.2) is 0 Å². The van der Waals surface area contributed by atoms with Crippen LogP contribution < -0.4 is 5.32 Å². The Balaban J connectivity index is 2.48. The summed E-state index contributed by atoms with van der Waals surface area (Å²) in [5.41, 5.74) is 3.30. The van der Waals surface area contributed by atoms with E-state index in [9.17, 15) is 0 Å². The normalized spacial score (nSPS) is 12.4. The van der Waals surface area contributed by atoms with Gasteiger partial charge in [-0.15, -0.1) is 0 Å². The zero-order valence-electron chi connectivity index (χ0n) is 11.1. The van der Waals surface area contributed by atoms with Crippen molar-refractivity contribution in [3.8, 4) is 0 Å². The summed E-state index contributed by atoms with van der Waals surface area (Å²) in [7, 11) is 0. The van der Waals surface area contributed by atoms with Crippen LogP contribution in [0, 0.1) is 6.92 Å². The van der Waals surface area contributed by atoms with Crippen molar-refractivity contribution in [2.24, 2.45) is 0 Å². The van der Waals surface area contributed by atoms with E-state index in [1.807, 2.05) is 37.3 Å². The highest BCUT2D eigenvalue weighted by Gasteiger charge is 2.17. The minimum absolute atomic E-state index is 0.0658. The summed E-state index contributed by atoms with van der Waals surface area (Å²) in [5, 5.41) is 5.02. The van der Waals surface area contributed by atoms with Crippen molar-refractivity contribution in [3.05, 3.63) is 69.2 Å². The van der Waals surface area contributed by atoms with Crippen molar-refractivity contribution in [2.75, 3.05) is 6.54 Å². The van der Waals surface area contributed by atoms with E-state index >= 15 is 0 Å². The molecule has 0 aromatic heterocycles. The van der Waals surface area contributed by atoms with E-state index in [4.69, 9.17) is 23.2 Å². The van der Waals surface area contributed by atoms with Crippen LogP contribution in [0.25, 0.3) is 0 Å². The van der Waals surface area contributed by atoms with Crippen LogP contribution >= 0.6 is 23.2 Å². The number of nitrogens with one attached hydrogen (secondary N) is 1. The number of hydrogen-bond donors (Lipinski definition) is 1. The minimum Gasteiger partial charge on any atom is -0.306 e. The molecule has 0 fully saturated rings. The predicted octanol–water partition coefficient (Wildman–Crippen LogP) is 5.00. The molecule has 1 N–H and O–H groups in total. The Hall–Kier alpha value is -1.02. The van der Waals surface area contributed by atoms with Crippen LogP contribution in [0.5, 0.6) is 0 Å². The largest absolute Gasteiger partial charge is 0.306 e. The summed E-state index contributed by atoms with van der Waals surface area (Å²) in [6, 6.07) is 14.1. The van der Waals surface area contributed by atoms with Gasteiger partial charge in [0.2, 0.25) is 0 Å². The molecule has 1 nitrogen and oxygen atoms in total. The van der Waals surface area contributed by atoms with Crippen LogP contribution in [0.3, 0.4) is 0 Å². The fourth-order valence-corrected chi connectivity index (χ4v) is 2.62. The predicted molar refractivity (Wildman–Crippen MR) is 83.2 cm³/mol. The molecule has 100 valence electrons. The number of rotatable bonds is 4. The van der Waals surface area contributed by atoms with Gasteiger partial charge in [-0.05, 0) is 42.3 Å². The Morgan fingerprint density at radius 3 is 2.53 bits per heavy atom. The van der Waals surface area contributed by atoms with Crippen molar-refractivity contribution < 1.29 is 0 Å². The molecule has 0 heterocycles. The van der Waals surface area contributed by atoms with Gasteiger partial charge in [-0.1, -0.05) is 60.5 Å². The summed E-state index contributed by atoms with van der Waals surface area (Å²) in [6.45, 7) is 4.97. The zero-order chi connectivity index (χ0) is 13.8. The Morgan fingerprint density at radius 1 is 1.11 bits per heavy atom. The minimum atomic E-state index is 0.0658. The quantitative estimate of drug-likeness (QED) is 0.836. The molecule has 0 bridgehead atoms.